The number of hydrogen-bond donors (Lipinski definition) is 0. The minimum atomic E-state index is -0.00485. The number of piperazine rings is 1. The van der Waals surface area contributed by atoms with Gasteiger partial charge in [0, 0.05) is 38.3 Å². The van der Waals surface area contributed by atoms with E-state index < -0.39 is 0 Å². The molecule has 0 N–H and O–H groups in total. The van der Waals surface area contributed by atoms with Gasteiger partial charge in [-0.2, -0.15) is 0 Å². The number of thioether (sulfide) groups is 1. The Labute approximate surface area is 216 Å². The SMILES string of the molecule is COc1ccccc1N1CCN(C(=O)c2ccc([C@H]3SCC(=O)N3CCc3ccccc3)cc2)CC1. The molecule has 5 rings (SSSR count). The molecule has 0 saturated carbocycles. The van der Waals surface area contributed by atoms with E-state index >= 15 is 0 Å². The molecule has 186 valence electrons. The third-order valence-corrected chi connectivity index (χ3v) is 8.14. The van der Waals surface area contributed by atoms with Gasteiger partial charge in [0.1, 0.15) is 11.1 Å². The smallest absolute Gasteiger partial charge is 0.253 e. The maximum atomic E-state index is 13.2. The molecule has 2 aliphatic heterocycles. The fraction of sp³-hybridized carbons (Fsp3) is 0.310. The lowest BCUT2D eigenvalue weighted by molar-refractivity contribution is -0.128. The van der Waals surface area contributed by atoms with Crippen molar-refractivity contribution in [2.75, 3.05) is 50.5 Å². The van der Waals surface area contributed by atoms with Crippen LogP contribution in [-0.4, -0.2) is 67.2 Å². The van der Waals surface area contributed by atoms with Crippen LogP contribution in [0.4, 0.5) is 5.69 Å². The van der Waals surface area contributed by atoms with Gasteiger partial charge in [-0.15, -0.1) is 11.8 Å². The quantitative estimate of drug-likeness (QED) is 0.478. The van der Waals surface area contributed by atoms with Crippen molar-refractivity contribution < 1.29 is 14.3 Å². The number of para-hydroxylation sites is 2. The predicted octanol–water partition coefficient (Wildman–Crippen LogP) is 4.47. The summed E-state index contributed by atoms with van der Waals surface area (Å²) < 4.78 is 5.50. The number of nitrogens with zero attached hydrogens (tertiary/aromatic N) is 3. The molecular formula is C29H31N3O3S. The molecule has 0 radical (unpaired) electrons. The first-order valence-corrected chi connectivity index (χ1v) is 13.4. The number of rotatable bonds is 7. The summed E-state index contributed by atoms with van der Waals surface area (Å²) in [5, 5.41) is -0.00485. The Morgan fingerprint density at radius 1 is 0.917 bits per heavy atom. The van der Waals surface area contributed by atoms with Gasteiger partial charge in [-0.25, -0.2) is 0 Å². The number of methoxy groups -OCH3 is 1. The number of hydrogen-bond acceptors (Lipinski definition) is 5. The van der Waals surface area contributed by atoms with Crippen molar-refractivity contribution in [3.63, 3.8) is 0 Å². The van der Waals surface area contributed by atoms with E-state index in [-0.39, 0.29) is 17.2 Å². The Balaban J connectivity index is 1.20. The maximum Gasteiger partial charge on any atom is 0.253 e. The number of benzene rings is 3. The van der Waals surface area contributed by atoms with E-state index in [9.17, 15) is 9.59 Å². The summed E-state index contributed by atoms with van der Waals surface area (Å²) in [5.41, 5.74) is 4.05. The summed E-state index contributed by atoms with van der Waals surface area (Å²) in [7, 11) is 1.69. The van der Waals surface area contributed by atoms with Crippen LogP contribution in [0.25, 0.3) is 0 Å². The molecule has 2 heterocycles. The zero-order chi connectivity index (χ0) is 24.9. The maximum absolute atomic E-state index is 13.2. The Kier molecular flexibility index (Phi) is 7.47. The third kappa shape index (κ3) is 5.21. The van der Waals surface area contributed by atoms with E-state index in [1.165, 1.54) is 5.56 Å². The molecule has 3 aromatic rings. The Morgan fingerprint density at radius 3 is 2.33 bits per heavy atom. The van der Waals surface area contributed by atoms with E-state index in [1.807, 2.05) is 70.5 Å². The van der Waals surface area contributed by atoms with Crippen molar-refractivity contribution in [1.82, 2.24) is 9.80 Å². The summed E-state index contributed by atoms with van der Waals surface area (Å²) in [6, 6.07) is 26.1. The first-order chi connectivity index (χ1) is 17.6. The fourth-order valence-electron chi connectivity index (χ4n) is 4.88. The molecular weight excluding hydrogens is 470 g/mol. The van der Waals surface area contributed by atoms with Gasteiger partial charge in [0.15, 0.2) is 0 Å². The molecule has 36 heavy (non-hydrogen) atoms. The van der Waals surface area contributed by atoms with Crippen LogP contribution < -0.4 is 9.64 Å². The molecule has 2 fully saturated rings. The normalized spacial score (nSPS) is 18.0. The molecule has 1 atom stereocenters. The second kappa shape index (κ2) is 11.1. The van der Waals surface area contributed by atoms with Gasteiger partial charge >= 0.3 is 0 Å². The van der Waals surface area contributed by atoms with Crippen LogP contribution in [0.3, 0.4) is 0 Å². The molecule has 2 saturated heterocycles. The van der Waals surface area contributed by atoms with Gasteiger partial charge in [-0.05, 0) is 41.8 Å². The molecule has 0 unspecified atom stereocenters. The summed E-state index contributed by atoms with van der Waals surface area (Å²) >= 11 is 1.66. The molecule has 7 heteroatoms. The van der Waals surface area contributed by atoms with Crippen LogP contribution in [-0.2, 0) is 11.2 Å². The number of amides is 2. The Hall–Kier alpha value is -3.45. The van der Waals surface area contributed by atoms with Crippen LogP contribution in [0.1, 0.15) is 26.9 Å². The zero-order valence-electron chi connectivity index (χ0n) is 20.5. The van der Waals surface area contributed by atoms with Crippen LogP contribution in [0, 0.1) is 0 Å². The van der Waals surface area contributed by atoms with E-state index in [0.29, 0.717) is 31.0 Å². The predicted molar refractivity (Wildman–Crippen MR) is 145 cm³/mol. The highest BCUT2D eigenvalue weighted by molar-refractivity contribution is 8.00. The van der Waals surface area contributed by atoms with Crippen molar-refractivity contribution in [2.45, 2.75) is 11.8 Å². The highest BCUT2D eigenvalue weighted by Crippen LogP contribution is 2.38. The molecule has 0 spiro atoms. The molecule has 0 bridgehead atoms. The van der Waals surface area contributed by atoms with Crippen molar-refractivity contribution in [3.8, 4) is 5.75 Å². The van der Waals surface area contributed by atoms with E-state index in [0.717, 1.165) is 36.5 Å². The van der Waals surface area contributed by atoms with Crippen LogP contribution in [0.15, 0.2) is 78.9 Å². The molecule has 0 aliphatic carbocycles. The van der Waals surface area contributed by atoms with E-state index in [1.54, 1.807) is 18.9 Å². The Morgan fingerprint density at radius 2 is 1.61 bits per heavy atom. The van der Waals surface area contributed by atoms with Gasteiger partial charge < -0.3 is 19.4 Å². The average molecular weight is 502 g/mol. The van der Waals surface area contributed by atoms with E-state index in [2.05, 4.69) is 23.1 Å². The highest BCUT2D eigenvalue weighted by atomic mass is 32.2. The van der Waals surface area contributed by atoms with Gasteiger partial charge in [-0.3, -0.25) is 9.59 Å². The fourth-order valence-corrected chi connectivity index (χ4v) is 6.10. The lowest BCUT2D eigenvalue weighted by Crippen LogP contribution is -2.48. The largest absolute Gasteiger partial charge is 0.495 e. The number of anilines is 1. The number of carbonyl (C=O) groups is 2. The van der Waals surface area contributed by atoms with Gasteiger partial charge in [0.2, 0.25) is 5.91 Å². The first kappa shape index (κ1) is 24.3. The lowest BCUT2D eigenvalue weighted by Gasteiger charge is -2.36. The highest BCUT2D eigenvalue weighted by Gasteiger charge is 2.32. The van der Waals surface area contributed by atoms with Crippen LogP contribution >= 0.6 is 11.8 Å². The molecule has 6 nitrogen and oxygen atoms in total. The van der Waals surface area contributed by atoms with Crippen molar-refractivity contribution in [2.24, 2.45) is 0 Å². The molecule has 0 aromatic heterocycles. The van der Waals surface area contributed by atoms with Crippen LogP contribution in [0.5, 0.6) is 5.75 Å². The lowest BCUT2D eigenvalue weighted by atomic mass is 10.1. The average Bonchev–Trinajstić information content (AvgIpc) is 3.32. The van der Waals surface area contributed by atoms with Crippen LogP contribution in [0.2, 0.25) is 0 Å². The number of ether oxygens (including phenoxy) is 1. The molecule has 3 aromatic carbocycles. The van der Waals surface area contributed by atoms with Gasteiger partial charge in [0.25, 0.3) is 5.91 Å². The first-order valence-electron chi connectivity index (χ1n) is 12.4. The van der Waals surface area contributed by atoms with Crippen molar-refractivity contribution in [1.29, 1.82) is 0 Å². The van der Waals surface area contributed by atoms with Crippen molar-refractivity contribution >= 4 is 29.3 Å². The second-order valence-corrected chi connectivity index (χ2v) is 10.1. The minimum Gasteiger partial charge on any atom is -0.495 e. The molecule has 2 amide bonds. The zero-order valence-corrected chi connectivity index (χ0v) is 21.3. The topological polar surface area (TPSA) is 53.1 Å². The molecule has 2 aliphatic rings. The second-order valence-electron chi connectivity index (χ2n) is 9.06. The van der Waals surface area contributed by atoms with Gasteiger partial charge in [-0.1, -0.05) is 54.6 Å². The van der Waals surface area contributed by atoms with Crippen molar-refractivity contribution in [3.05, 3.63) is 95.6 Å². The summed E-state index contributed by atoms with van der Waals surface area (Å²) in [6.07, 6.45) is 0.834. The summed E-state index contributed by atoms with van der Waals surface area (Å²) in [5.74, 6) is 1.58. The standard InChI is InChI=1S/C29H31N3O3S/c1-35-26-10-6-5-9-25(26)30-17-19-31(20-18-30)28(34)23-11-13-24(14-12-23)29-32(27(33)21-36-29)16-15-22-7-3-2-4-8-22/h2-14,29H,15-21H2,1H3/t29-/m1/s1. The number of carbonyl (C=O) groups excluding carboxylic acids is 2. The monoisotopic (exact) mass is 501 g/mol. The minimum absolute atomic E-state index is 0.00485. The summed E-state index contributed by atoms with van der Waals surface area (Å²) in [6.45, 7) is 3.55. The van der Waals surface area contributed by atoms with Gasteiger partial charge in [0.05, 0.1) is 18.6 Å². The van der Waals surface area contributed by atoms with E-state index in [4.69, 9.17) is 4.74 Å². The Bertz CT molecular complexity index is 1190. The third-order valence-electron chi connectivity index (χ3n) is 6.89. The summed E-state index contributed by atoms with van der Waals surface area (Å²) in [4.78, 5) is 31.9.